The Kier molecular flexibility index (Phi) is 4.75. The van der Waals surface area contributed by atoms with Gasteiger partial charge in [0.2, 0.25) is 0 Å². The van der Waals surface area contributed by atoms with Crippen LogP contribution in [0.3, 0.4) is 0 Å². The van der Waals surface area contributed by atoms with Gasteiger partial charge in [0, 0.05) is 14.2 Å². The quantitative estimate of drug-likeness (QED) is 0.488. The topological polar surface area (TPSA) is 36.9 Å². The van der Waals surface area contributed by atoms with Crippen molar-refractivity contribution in [2.75, 3.05) is 14.2 Å². The normalized spacial score (nSPS) is 10.8. The molecule has 0 aromatic carbocycles. The average molecular weight is 204 g/mol. The Morgan fingerprint density at radius 1 is 0.923 bits per heavy atom. The molecule has 0 unspecified atom stereocenters. The standard InChI is InChI=1S/C8H16O4Si/c1-7(2)11-13(9-5,10-6)12-8(3)4/h1,3H2,2,4-6H3. The summed E-state index contributed by atoms with van der Waals surface area (Å²) in [7, 11) is -0.149. The molecular formula is C8H16O4Si. The van der Waals surface area contributed by atoms with Gasteiger partial charge in [-0.3, -0.25) is 0 Å². The van der Waals surface area contributed by atoms with Crippen LogP contribution in [0.4, 0.5) is 0 Å². The van der Waals surface area contributed by atoms with Crippen molar-refractivity contribution in [3.8, 4) is 0 Å². The molecule has 76 valence electrons. The zero-order valence-electron chi connectivity index (χ0n) is 8.55. The Balaban J connectivity index is 4.48. The number of hydrogen-bond acceptors (Lipinski definition) is 4. The van der Waals surface area contributed by atoms with Gasteiger partial charge in [-0.15, -0.1) is 0 Å². The van der Waals surface area contributed by atoms with Crippen LogP contribution in [0, 0.1) is 0 Å². The first-order valence-electron chi connectivity index (χ1n) is 3.75. The molecule has 0 atom stereocenters. The molecule has 5 heteroatoms. The molecule has 0 saturated heterocycles. The first-order chi connectivity index (χ1) is 5.95. The Morgan fingerprint density at radius 3 is 1.38 bits per heavy atom. The van der Waals surface area contributed by atoms with Crippen molar-refractivity contribution >= 4 is 9.05 Å². The summed E-state index contributed by atoms with van der Waals surface area (Å²) in [6.07, 6.45) is 0. The highest BCUT2D eigenvalue weighted by atomic mass is 28.4. The summed E-state index contributed by atoms with van der Waals surface area (Å²) in [5.74, 6) is 0.966. The second-order valence-corrected chi connectivity index (χ2v) is 4.74. The summed E-state index contributed by atoms with van der Waals surface area (Å²) in [6, 6.07) is 0. The molecule has 0 spiro atoms. The molecule has 0 aromatic rings. The third kappa shape index (κ3) is 4.12. The Morgan fingerprint density at radius 2 is 1.23 bits per heavy atom. The van der Waals surface area contributed by atoms with Gasteiger partial charge in [-0.1, -0.05) is 13.2 Å². The molecule has 0 N–H and O–H groups in total. The molecule has 0 aromatic heterocycles. The number of hydrogen-bond donors (Lipinski definition) is 0. The average Bonchev–Trinajstić information content (AvgIpc) is 2.01. The van der Waals surface area contributed by atoms with Crippen LogP contribution in [0.15, 0.2) is 24.7 Å². The van der Waals surface area contributed by atoms with E-state index in [0.717, 1.165) is 0 Å². The summed E-state index contributed by atoms with van der Waals surface area (Å²) >= 11 is 0. The maximum atomic E-state index is 5.26. The fourth-order valence-corrected chi connectivity index (χ4v) is 2.09. The molecule has 0 saturated carbocycles. The summed E-state index contributed by atoms with van der Waals surface area (Å²) in [5.41, 5.74) is 0. The molecule has 0 amide bonds. The van der Waals surface area contributed by atoms with Gasteiger partial charge in [0.15, 0.2) is 0 Å². The van der Waals surface area contributed by atoms with E-state index in [0.29, 0.717) is 11.5 Å². The predicted molar refractivity (Wildman–Crippen MR) is 51.6 cm³/mol. The SMILES string of the molecule is C=C(C)O[Si](OC)(OC)OC(=C)C. The minimum Gasteiger partial charge on any atom is -0.476 e. The van der Waals surface area contributed by atoms with Crippen LogP contribution >= 0.6 is 0 Å². The van der Waals surface area contributed by atoms with Crippen LogP contribution < -0.4 is 0 Å². The third-order valence-corrected chi connectivity index (χ3v) is 3.30. The van der Waals surface area contributed by atoms with Gasteiger partial charge in [0.25, 0.3) is 0 Å². The van der Waals surface area contributed by atoms with Crippen molar-refractivity contribution in [1.29, 1.82) is 0 Å². The largest absolute Gasteiger partial charge is 0.819 e. The van der Waals surface area contributed by atoms with Crippen molar-refractivity contribution in [2.45, 2.75) is 13.8 Å². The molecule has 0 bridgehead atoms. The Hall–Kier alpha value is -0.783. The fourth-order valence-electron chi connectivity index (χ4n) is 0.698. The first kappa shape index (κ1) is 12.2. The van der Waals surface area contributed by atoms with E-state index in [-0.39, 0.29) is 0 Å². The van der Waals surface area contributed by atoms with Crippen molar-refractivity contribution in [1.82, 2.24) is 0 Å². The summed E-state index contributed by atoms with van der Waals surface area (Å²) in [6.45, 7) is 10.6. The highest BCUT2D eigenvalue weighted by molar-refractivity contribution is 6.54. The molecule has 4 nitrogen and oxygen atoms in total. The molecule has 0 aliphatic heterocycles. The van der Waals surface area contributed by atoms with Crippen LogP contribution in [0.5, 0.6) is 0 Å². The van der Waals surface area contributed by atoms with E-state index in [1.54, 1.807) is 13.8 Å². The monoisotopic (exact) mass is 204 g/mol. The zero-order valence-corrected chi connectivity index (χ0v) is 9.55. The maximum absolute atomic E-state index is 5.26. The van der Waals surface area contributed by atoms with Crippen LogP contribution in [0.1, 0.15) is 13.8 Å². The van der Waals surface area contributed by atoms with Gasteiger partial charge in [-0.05, 0) is 13.8 Å². The van der Waals surface area contributed by atoms with E-state index in [1.807, 2.05) is 0 Å². The minimum absolute atomic E-state index is 0.483. The summed E-state index contributed by atoms with van der Waals surface area (Å²) in [5, 5.41) is 0. The van der Waals surface area contributed by atoms with Crippen molar-refractivity contribution < 1.29 is 17.7 Å². The van der Waals surface area contributed by atoms with Crippen LogP contribution in [0.25, 0.3) is 0 Å². The molecule has 0 fully saturated rings. The van der Waals surface area contributed by atoms with E-state index in [4.69, 9.17) is 17.7 Å². The van der Waals surface area contributed by atoms with Gasteiger partial charge in [0.05, 0.1) is 11.5 Å². The lowest BCUT2D eigenvalue weighted by molar-refractivity contribution is 0.0333. The highest BCUT2D eigenvalue weighted by Gasteiger charge is 2.49. The molecule has 13 heavy (non-hydrogen) atoms. The van der Waals surface area contributed by atoms with Gasteiger partial charge in [-0.2, -0.15) is 0 Å². The van der Waals surface area contributed by atoms with E-state index in [2.05, 4.69) is 13.2 Å². The lowest BCUT2D eigenvalue weighted by Gasteiger charge is -2.25. The molecular weight excluding hydrogens is 188 g/mol. The minimum atomic E-state index is -3.07. The van der Waals surface area contributed by atoms with E-state index in [1.165, 1.54) is 14.2 Å². The Bertz CT molecular complexity index is 180. The highest BCUT2D eigenvalue weighted by Crippen LogP contribution is 2.16. The lowest BCUT2D eigenvalue weighted by Crippen LogP contribution is -2.46. The van der Waals surface area contributed by atoms with Crippen LogP contribution in [-0.4, -0.2) is 23.3 Å². The molecule has 0 aliphatic rings. The van der Waals surface area contributed by atoms with Crippen molar-refractivity contribution in [2.24, 2.45) is 0 Å². The fraction of sp³-hybridized carbons (Fsp3) is 0.500. The van der Waals surface area contributed by atoms with Crippen molar-refractivity contribution in [3.05, 3.63) is 24.7 Å². The van der Waals surface area contributed by atoms with E-state index < -0.39 is 9.05 Å². The second kappa shape index (κ2) is 5.06. The number of allylic oxidation sites excluding steroid dienone is 2. The zero-order chi connectivity index (χ0) is 10.5. The second-order valence-electron chi connectivity index (χ2n) is 2.52. The van der Waals surface area contributed by atoms with Gasteiger partial charge >= 0.3 is 9.05 Å². The maximum Gasteiger partial charge on any atom is 0.819 e. The molecule has 0 heterocycles. The van der Waals surface area contributed by atoms with Crippen LogP contribution in [-0.2, 0) is 17.7 Å². The van der Waals surface area contributed by atoms with Crippen LogP contribution in [0.2, 0.25) is 0 Å². The molecule has 0 radical (unpaired) electrons. The first-order valence-corrected chi connectivity index (χ1v) is 5.38. The lowest BCUT2D eigenvalue weighted by atomic mass is 10.7. The molecule has 0 rings (SSSR count). The summed E-state index contributed by atoms with van der Waals surface area (Å²) < 4.78 is 20.6. The van der Waals surface area contributed by atoms with Gasteiger partial charge in [0.1, 0.15) is 0 Å². The Labute approximate surface area is 80.2 Å². The van der Waals surface area contributed by atoms with E-state index >= 15 is 0 Å². The third-order valence-electron chi connectivity index (χ3n) is 1.10. The smallest absolute Gasteiger partial charge is 0.476 e. The van der Waals surface area contributed by atoms with E-state index in [9.17, 15) is 0 Å². The number of rotatable bonds is 6. The van der Waals surface area contributed by atoms with Gasteiger partial charge in [-0.25, -0.2) is 0 Å². The molecule has 0 aliphatic carbocycles. The van der Waals surface area contributed by atoms with Gasteiger partial charge < -0.3 is 17.7 Å². The summed E-state index contributed by atoms with van der Waals surface area (Å²) in [4.78, 5) is 0. The predicted octanol–water partition coefficient (Wildman–Crippen LogP) is 1.82. The van der Waals surface area contributed by atoms with Crippen molar-refractivity contribution in [3.63, 3.8) is 0 Å².